The number of anilines is 2. The number of nitrogens with one attached hydrogen (secondary N) is 1. The maximum absolute atomic E-state index is 12.9. The zero-order chi connectivity index (χ0) is 23.1. The average molecular weight is 454 g/mol. The summed E-state index contributed by atoms with van der Waals surface area (Å²) in [5, 5.41) is 3.38. The molecule has 0 radical (unpaired) electrons. The SMILES string of the molecule is CC(Nc1nccc(-n2cnc3cc(N4CC5CCCCN5C4=O)ccc32)n1)c1ccccc1. The van der Waals surface area contributed by atoms with Gasteiger partial charge in [-0.3, -0.25) is 9.47 Å². The zero-order valence-corrected chi connectivity index (χ0v) is 19.1. The van der Waals surface area contributed by atoms with Gasteiger partial charge in [-0.1, -0.05) is 30.3 Å². The van der Waals surface area contributed by atoms with Crippen LogP contribution in [0.2, 0.25) is 0 Å². The van der Waals surface area contributed by atoms with Gasteiger partial charge >= 0.3 is 6.03 Å². The molecule has 2 amide bonds. The Labute approximate surface area is 198 Å². The van der Waals surface area contributed by atoms with Crippen LogP contribution in [0, 0.1) is 0 Å². The molecule has 2 aliphatic rings. The molecule has 2 aliphatic heterocycles. The summed E-state index contributed by atoms with van der Waals surface area (Å²) < 4.78 is 1.95. The van der Waals surface area contributed by atoms with E-state index in [0.29, 0.717) is 12.0 Å². The molecule has 2 aromatic carbocycles. The largest absolute Gasteiger partial charge is 0.348 e. The fourth-order valence-electron chi connectivity index (χ4n) is 5.03. The maximum Gasteiger partial charge on any atom is 0.324 e. The quantitative estimate of drug-likeness (QED) is 0.470. The van der Waals surface area contributed by atoms with Crippen molar-refractivity contribution in [1.82, 2.24) is 24.4 Å². The first-order valence-corrected chi connectivity index (χ1v) is 11.9. The van der Waals surface area contributed by atoms with Crippen LogP contribution in [0.4, 0.5) is 16.4 Å². The highest BCUT2D eigenvalue weighted by Crippen LogP contribution is 2.31. The monoisotopic (exact) mass is 453 g/mol. The molecule has 2 fully saturated rings. The Morgan fingerprint density at radius 2 is 1.94 bits per heavy atom. The van der Waals surface area contributed by atoms with Crippen molar-refractivity contribution in [2.75, 3.05) is 23.3 Å². The summed E-state index contributed by atoms with van der Waals surface area (Å²) in [4.78, 5) is 30.6. The van der Waals surface area contributed by atoms with Gasteiger partial charge in [0.25, 0.3) is 0 Å². The Morgan fingerprint density at radius 1 is 1.06 bits per heavy atom. The highest BCUT2D eigenvalue weighted by Gasteiger charge is 2.39. The van der Waals surface area contributed by atoms with E-state index in [1.165, 1.54) is 12.0 Å². The van der Waals surface area contributed by atoms with Crippen molar-refractivity contribution in [1.29, 1.82) is 0 Å². The minimum Gasteiger partial charge on any atom is -0.348 e. The van der Waals surface area contributed by atoms with Crippen LogP contribution >= 0.6 is 0 Å². The molecule has 2 atom stereocenters. The van der Waals surface area contributed by atoms with E-state index in [9.17, 15) is 4.79 Å². The standard InChI is InChI=1S/C26H27N7O/c1-18(19-7-3-2-4-8-19)29-25-27-13-12-24(30-25)33-17-28-22-15-20(10-11-23(22)33)32-16-21-9-5-6-14-31(21)26(32)34/h2-4,7-8,10-13,15,17-18,21H,5-6,9,14,16H2,1H3,(H,27,29,30). The van der Waals surface area contributed by atoms with E-state index in [1.54, 1.807) is 12.5 Å². The number of fused-ring (bicyclic) bond motifs is 2. The zero-order valence-electron chi connectivity index (χ0n) is 19.1. The van der Waals surface area contributed by atoms with Gasteiger partial charge in [-0.05, 0) is 56.0 Å². The summed E-state index contributed by atoms with van der Waals surface area (Å²) in [6, 6.07) is 18.6. The Morgan fingerprint density at radius 3 is 2.79 bits per heavy atom. The first-order chi connectivity index (χ1) is 16.7. The lowest BCUT2D eigenvalue weighted by Crippen LogP contribution is -2.38. The first-order valence-electron chi connectivity index (χ1n) is 11.9. The molecule has 2 aromatic heterocycles. The predicted octanol–water partition coefficient (Wildman–Crippen LogP) is 4.78. The number of imidazole rings is 1. The molecule has 4 heterocycles. The molecule has 8 heteroatoms. The van der Waals surface area contributed by atoms with Gasteiger partial charge in [-0.25, -0.2) is 14.8 Å². The van der Waals surface area contributed by atoms with Gasteiger partial charge < -0.3 is 10.2 Å². The highest BCUT2D eigenvalue weighted by molar-refractivity contribution is 5.96. The number of urea groups is 1. The summed E-state index contributed by atoms with van der Waals surface area (Å²) >= 11 is 0. The van der Waals surface area contributed by atoms with Gasteiger partial charge in [0.05, 0.1) is 23.1 Å². The smallest absolute Gasteiger partial charge is 0.324 e. The number of nitrogens with zero attached hydrogens (tertiary/aromatic N) is 6. The van der Waals surface area contributed by atoms with Crippen LogP contribution in [0.3, 0.4) is 0 Å². The summed E-state index contributed by atoms with van der Waals surface area (Å²) in [7, 11) is 0. The number of benzene rings is 2. The van der Waals surface area contributed by atoms with E-state index < -0.39 is 0 Å². The molecule has 172 valence electrons. The van der Waals surface area contributed by atoms with Crippen LogP contribution < -0.4 is 10.2 Å². The molecular weight excluding hydrogens is 426 g/mol. The second-order valence-corrected chi connectivity index (χ2v) is 9.04. The Kier molecular flexibility index (Phi) is 5.13. The summed E-state index contributed by atoms with van der Waals surface area (Å²) in [5.41, 5.74) is 3.85. The van der Waals surface area contributed by atoms with Gasteiger partial charge in [-0.15, -0.1) is 0 Å². The number of rotatable bonds is 5. The Bertz CT molecular complexity index is 1340. The molecule has 6 rings (SSSR count). The number of carbonyl (C=O) groups excluding carboxylic acids is 1. The number of piperidine rings is 1. The van der Waals surface area contributed by atoms with Crippen LogP contribution in [0.15, 0.2) is 67.1 Å². The minimum absolute atomic E-state index is 0.0796. The number of hydrogen-bond acceptors (Lipinski definition) is 5. The third-order valence-corrected chi connectivity index (χ3v) is 6.87. The number of aromatic nitrogens is 4. The summed E-state index contributed by atoms with van der Waals surface area (Å²) in [6.45, 7) is 3.71. The lowest BCUT2D eigenvalue weighted by molar-refractivity contribution is 0.187. The van der Waals surface area contributed by atoms with Crippen molar-refractivity contribution < 1.29 is 4.79 Å². The predicted molar refractivity (Wildman–Crippen MR) is 132 cm³/mol. The second-order valence-electron chi connectivity index (χ2n) is 9.04. The van der Waals surface area contributed by atoms with Gasteiger partial charge in [-0.2, -0.15) is 4.98 Å². The van der Waals surface area contributed by atoms with Gasteiger partial charge in [0, 0.05) is 25.0 Å². The fraction of sp³-hybridized carbons (Fsp3) is 0.308. The summed E-state index contributed by atoms with van der Waals surface area (Å²) in [5.74, 6) is 1.30. The van der Waals surface area contributed by atoms with E-state index >= 15 is 0 Å². The second kappa shape index (κ2) is 8.44. The molecule has 0 aliphatic carbocycles. The molecule has 8 nitrogen and oxygen atoms in total. The number of amides is 2. The van der Waals surface area contributed by atoms with Crippen molar-refractivity contribution in [3.05, 3.63) is 72.7 Å². The van der Waals surface area contributed by atoms with E-state index in [2.05, 4.69) is 34.3 Å². The molecule has 2 unspecified atom stereocenters. The van der Waals surface area contributed by atoms with E-state index in [0.717, 1.165) is 48.5 Å². The van der Waals surface area contributed by atoms with Crippen molar-refractivity contribution in [3.8, 4) is 5.82 Å². The van der Waals surface area contributed by atoms with Crippen LogP contribution in [-0.2, 0) is 0 Å². The number of hydrogen-bond donors (Lipinski definition) is 1. The van der Waals surface area contributed by atoms with Crippen molar-refractivity contribution in [2.45, 2.75) is 38.3 Å². The van der Waals surface area contributed by atoms with Crippen molar-refractivity contribution >= 4 is 28.7 Å². The molecule has 1 N–H and O–H groups in total. The molecule has 0 bridgehead atoms. The molecule has 0 saturated carbocycles. The molecule has 2 saturated heterocycles. The normalized spacial score (nSPS) is 18.9. The van der Waals surface area contributed by atoms with E-state index in [1.807, 2.05) is 56.8 Å². The molecular formula is C26H27N7O. The van der Waals surface area contributed by atoms with Crippen LogP contribution in [-0.4, -0.2) is 49.6 Å². The lowest BCUT2D eigenvalue weighted by Gasteiger charge is -2.27. The number of carbonyl (C=O) groups is 1. The summed E-state index contributed by atoms with van der Waals surface area (Å²) in [6.07, 6.45) is 6.91. The first kappa shape index (κ1) is 20.7. The van der Waals surface area contributed by atoms with Gasteiger partial charge in [0.2, 0.25) is 5.95 Å². The van der Waals surface area contributed by atoms with Crippen LogP contribution in [0.25, 0.3) is 16.9 Å². The van der Waals surface area contributed by atoms with Crippen LogP contribution in [0.1, 0.15) is 37.8 Å². The molecule has 0 spiro atoms. The lowest BCUT2D eigenvalue weighted by atomic mass is 10.0. The third kappa shape index (κ3) is 3.65. The molecule has 34 heavy (non-hydrogen) atoms. The Hall–Kier alpha value is -3.94. The van der Waals surface area contributed by atoms with Crippen molar-refractivity contribution in [3.63, 3.8) is 0 Å². The maximum atomic E-state index is 12.9. The molecule has 4 aromatic rings. The average Bonchev–Trinajstić information content (AvgIpc) is 3.45. The highest BCUT2D eigenvalue weighted by atomic mass is 16.2. The fourth-order valence-corrected chi connectivity index (χ4v) is 5.03. The Balaban J connectivity index is 1.26. The topological polar surface area (TPSA) is 79.2 Å². The van der Waals surface area contributed by atoms with Gasteiger partial charge in [0.15, 0.2) is 0 Å². The minimum atomic E-state index is 0.0796. The van der Waals surface area contributed by atoms with Gasteiger partial charge in [0.1, 0.15) is 12.1 Å². The van der Waals surface area contributed by atoms with Crippen LogP contribution in [0.5, 0.6) is 0 Å². The van der Waals surface area contributed by atoms with Crippen molar-refractivity contribution in [2.24, 2.45) is 0 Å². The van der Waals surface area contributed by atoms with E-state index in [4.69, 9.17) is 4.98 Å². The van der Waals surface area contributed by atoms with E-state index in [-0.39, 0.29) is 12.1 Å². The third-order valence-electron chi connectivity index (χ3n) is 6.87.